The Kier molecular flexibility index (Phi) is 5.18. The van der Waals surface area contributed by atoms with Gasteiger partial charge in [0.2, 0.25) is 0 Å². The summed E-state index contributed by atoms with van der Waals surface area (Å²) in [6.07, 6.45) is 0.396. The molecule has 26 heavy (non-hydrogen) atoms. The van der Waals surface area contributed by atoms with Crippen molar-refractivity contribution in [2.75, 3.05) is 32.7 Å². The van der Waals surface area contributed by atoms with Crippen LogP contribution in [0.25, 0.3) is 0 Å². The third-order valence-electron chi connectivity index (χ3n) is 4.35. The second-order valence-corrected chi connectivity index (χ2v) is 5.97. The van der Waals surface area contributed by atoms with E-state index in [2.05, 4.69) is 10.6 Å². The molecule has 3 rings (SSSR count). The second-order valence-electron chi connectivity index (χ2n) is 5.97. The molecule has 1 heterocycles. The van der Waals surface area contributed by atoms with Crippen LogP contribution in [-0.4, -0.2) is 38.5 Å². The van der Waals surface area contributed by atoms with Gasteiger partial charge in [0, 0.05) is 12.0 Å². The molecule has 138 valence electrons. The molecule has 7 heteroatoms. The SMILES string of the molecule is COc1cccc(NC(=O)NCC2(O)CCOc3ccccc32)c1OC. The number of fused-ring (bicyclic) bond motifs is 1. The Bertz CT molecular complexity index is 795. The van der Waals surface area contributed by atoms with Gasteiger partial charge in [-0.3, -0.25) is 0 Å². The average Bonchev–Trinajstić information content (AvgIpc) is 2.66. The van der Waals surface area contributed by atoms with Crippen molar-refractivity contribution in [2.24, 2.45) is 0 Å². The fourth-order valence-corrected chi connectivity index (χ4v) is 3.00. The molecular weight excluding hydrogens is 336 g/mol. The highest BCUT2D eigenvalue weighted by Crippen LogP contribution is 2.37. The monoisotopic (exact) mass is 358 g/mol. The quantitative estimate of drug-likeness (QED) is 0.764. The van der Waals surface area contributed by atoms with E-state index < -0.39 is 11.6 Å². The van der Waals surface area contributed by atoms with E-state index in [4.69, 9.17) is 14.2 Å². The molecule has 0 saturated heterocycles. The van der Waals surface area contributed by atoms with Gasteiger partial charge in [0.05, 0.1) is 33.1 Å². The molecule has 2 aromatic rings. The van der Waals surface area contributed by atoms with Crippen LogP contribution in [0.2, 0.25) is 0 Å². The number of ether oxygens (including phenoxy) is 3. The maximum Gasteiger partial charge on any atom is 0.319 e. The van der Waals surface area contributed by atoms with Gasteiger partial charge in [0.1, 0.15) is 11.4 Å². The zero-order valence-electron chi connectivity index (χ0n) is 14.7. The standard InChI is InChI=1S/C19H22N2O5/c1-24-16-9-5-7-14(17(16)25-2)21-18(22)20-12-19(23)10-11-26-15-8-4-3-6-13(15)19/h3-9,23H,10-12H2,1-2H3,(H2,20,21,22). The molecule has 0 bridgehead atoms. The number of urea groups is 1. The van der Waals surface area contributed by atoms with Crippen molar-refractivity contribution in [3.63, 3.8) is 0 Å². The number of hydrogen-bond acceptors (Lipinski definition) is 5. The summed E-state index contributed by atoms with van der Waals surface area (Å²) in [4.78, 5) is 12.3. The van der Waals surface area contributed by atoms with Gasteiger partial charge < -0.3 is 30.0 Å². The van der Waals surface area contributed by atoms with E-state index in [1.807, 2.05) is 12.1 Å². The molecule has 0 aliphatic carbocycles. The molecule has 1 aliphatic rings. The van der Waals surface area contributed by atoms with E-state index in [-0.39, 0.29) is 6.54 Å². The van der Waals surface area contributed by atoms with E-state index in [1.54, 1.807) is 30.3 Å². The first-order chi connectivity index (χ1) is 12.6. The van der Waals surface area contributed by atoms with Crippen LogP contribution in [0.1, 0.15) is 12.0 Å². The summed E-state index contributed by atoms with van der Waals surface area (Å²) in [6.45, 7) is 0.450. The molecule has 0 spiro atoms. The summed E-state index contributed by atoms with van der Waals surface area (Å²) in [5.74, 6) is 1.58. The van der Waals surface area contributed by atoms with E-state index in [0.29, 0.717) is 41.5 Å². The largest absolute Gasteiger partial charge is 0.493 e. The minimum atomic E-state index is -1.18. The van der Waals surface area contributed by atoms with Crippen LogP contribution in [0, 0.1) is 0 Å². The molecule has 0 aromatic heterocycles. The van der Waals surface area contributed by atoms with Gasteiger partial charge in [-0.1, -0.05) is 24.3 Å². The smallest absolute Gasteiger partial charge is 0.319 e. The zero-order valence-corrected chi connectivity index (χ0v) is 14.7. The summed E-state index contributed by atoms with van der Waals surface area (Å²) in [5.41, 5.74) is -0.0285. The highest BCUT2D eigenvalue weighted by atomic mass is 16.5. The summed E-state index contributed by atoms with van der Waals surface area (Å²) in [6, 6.07) is 12.0. The number of hydrogen-bond donors (Lipinski definition) is 3. The predicted molar refractivity (Wildman–Crippen MR) is 97.0 cm³/mol. The lowest BCUT2D eigenvalue weighted by atomic mass is 9.88. The first-order valence-electron chi connectivity index (χ1n) is 8.28. The number of anilines is 1. The number of para-hydroxylation sites is 2. The second kappa shape index (κ2) is 7.53. The van der Waals surface area contributed by atoms with Crippen molar-refractivity contribution >= 4 is 11.7 Å². The summed E-state index contributed by atoms with van der Waals surface area (Å²) in [7, 11) is 3.03. The molecule has 2 amide bonds. The lowest BCUT2D eigenvalue weighted by molar-refractivity contribution is 0.000398. The zero-order chi connectivity index (χ0) is 18.6. The summed E-state index contributed by atoms with van der Waals surface area (Å²) in [5, 5.41) is 16.4. The van der Waals surface area contributed by atoms with Crippen LogP contribution >= 0.6 is 0 Å². The number of nitrogens with one attached hydrogen (secondary N) is 2. The van der Waals surface area contributed by atoms with Gasteiger partial charge in [-0.25, -0.2) is 4.79 Å². The Hall–Kier alpha value is -2.93. The van der Waals surface area contributed by atoms with Crippen LogP contribution in [0.3, 0.4) is 0 Å². The third kappa shape index (κ3) is 3.52. The van der Waals surface area contributed by atoms with Crippen molar-refractivity contribution in [1.82, 2.24) is 5.32 Å². The fourth-order valence-electron chi connectivity index (χ4n) is 3.00. The molecule has 3 N–H and O–H groups in total. The van der Waals surface area contributed by atoms with Crippen molar-refractivity contribution in [3.05, 3.63) is 48.0 Å². The lowest BCUT2D eigenvalue weighted by Crippen LogP contribution is -2.45. The van der Waals surface area contributed by atoms with Crippen molar-refractivity contribution in [1.29, 1.82) is 0 Å². The van der Waals surface area contributed by atoms with E-state index in [9.17, 15) is 9.90 Å². The Morgan fingerprint density at radius 1 is 1.19 bits per heavy atom. The van der Waals surface area contributed by atoms with Gasteiger partial charge in [-0.05, 0) is 18.2 Å². The molecule has 0 fully saturated rings. The van der Waals surface area contributed by atoms with Gasteiger partial charge in [-0.15, -0.1) is 0 Å². The van der Waals surface area contributed by atoms with Crippen LogP contribution in [0.4, 0.5) is 10.5 Å². The van der Waals surface area contributed by atoms with E-state index in [1.165, 1.54) is 14.2 Å². The fraction of sp³-hybridized carbons (Fsp3) is 0.316. The Labute approximate surface area is 151 Å². The molecule has 2 aromatic carbocycles. The molecule has 1 aliphatic heterocycles. The number of methoxy groups -OCH3 is 2. The number of benzene rings is 2. The lowest BCUT2D eigenvalue weighted by Gasteiger charge is -2.34. The molecule has 7 nitrogen and oxygen atoms in total. The number of carbonyl (C=O) groups is 1. The molecule has 0 saturated carbocycles. The molecule has 0 radical (unpaired) electrons. The van der Waals surface area contributed by atoms with Crippen LogP contribution in [0.15, 0.2) is 42.5 Å². The third-order valence-corrected chi connectivity index (χ3v) is 4.35. The van der Waals surface area contributed by atoms with Crippen molar-refractivity contribution in [2.45, 2.75) is 12.0 Å². The van der Waals surface area contributed by atoms with Gasteiger partial charge in [0.15, 0.2) is 11.5 Å². The maximum atomic E-state index is 12.3. The number of amides is 2. The normalized spacial score (nSPS) is 18.3. The molecular formula is C19H22N2O5. The average molecular weight is 358 g/mol. The highest BCUT2D eigenvalue weighted by molar-refractivity contribution is 5.91. The number of carbonyl (C=O) groups excluding carboxylic acids is 1. The van der Waals surface area contributed by atoms with Gasteiger partial charge >= 0.3 is 6.03 Å². The Morgan fingerprint density at radius 2 is 2.00 bits per heavy atom. The van der Waals surface area contributed by atoms with Crippen molar-refractivity contribution in [3.8, 4) is 17.2 Å². The summed E-state index contributed by atoms with van der Waals surface area (Å²) >= 11 is 0. The summed E-state index contributed by atoms with van der Waals surface area (Å²) < 4.78 is 16.1. The van der Waals surface area contributed by atoms with Crippen LogP contribution in [0.5, 0.6) is 17.2 Å². The topological polar surface area (TPSA) is 89.1 Å². The van der Waals surface area contributed by atoms with Crippen LogP contribution in [-0.2, 0) is 5.60 Å². The minimum Gasteiger partial charge on any atom is -0.493 e. The highest BCUT2D eigenvalue weighted by Gasteiger charge is 2.35. The first kappa shape index (κ1) is 17.9. The van der Waals surface area contributed by atoms with E-state index in [0.717, 1.165) is 0 Å². The Morgan fingerprint density at radius 3 is 2.77 bits per heavy atom. The molecule has 1 atom stereocenters. The van der Waals surface area contributed by atoms with Gasteiger partial charge in [-0.2, -0.15) is 0 Å². The number of aliphatic hydroxyl groups is 1. The minimum absolute atomic E-state index is 0.0610. The Balaban J connectivity index is 1.69. The van der Waals surface area contributed by atoms with Crippen molar-refractivity contribution < 1.29 is 24.1 Å². The predicted octanol–water partition coefficient (Wildman–Crippen LogP) is 2.50. The van der Waals surface area contributed by atoms with E-state index >= 15 is 0 Å². The first-order valence-corrected chi connectivity index (χ1v) is 8.28. The maximum absolute atomic E-state index is 12.3. The molecule has 1 unspecified atom stereocenters. The van der Waals surface area contributed by atoms with Gasteiger partial charge in [0.25, 0.3) is 0 Å². The van der Waals surface area contributed by atoms with Crippen LogP contribution < -0.4 is 24.8 Å². The number of rotatable bonds is 5.